The maximum atomic E-state index is 15.3. The molecule has 6 unspecified atom stereocenters. The van der Waals surface area contributed by atoms with Crippen LogP contribution in [0.15, 0.2) is 127 Å². The molecule has 2 aliphatic heterocycles. The van der Waals surface area contributed by atoms with Crippen LogP contribution in [0.1, 0.15) is 46.6 Å². The highest BCUT2D eigenvalue weighted by Gasteiger charge is 2.70. The lowest BCUT2D eigenvalue weighted by Gasteiger charge is -2.50. The van der Waals surface area contributed by atoms with Crippen LogP contribution in [-0.2, 0) is 37.6 Å². The minimum absolute atomic E-state index is 0.0323. The number of nitrogens with zero attached hydrogens (tertiary/aromatic N) is 2. The van der Waals surface area contributed by atoms with E-state index in [9.17, 15) is 19.5 Å². The summed E-state index contributed by atoms with van der Waals surface area (Å²) in [6.45, 7) is 6.01. The summed E-state index contributed by atoms with van der Waals surface area (Å²) in [4.78, 5) is 59.9. The second kappa shape index (κ2) is 12.5. The zero-order chi connectivity index (χ0) is 35.4. The Balaban J connectivity index is 1.31. The molecule has 0 bridgehead atoms. The largest absolute Gasteiger partial charge is 0.507 e. The van der Waals surface area contributed by atoms with Crippen LogP contribution in [0.5, 0.6) is 5.75 Å². The molecule has 3 fully saturated rings. The fourth-order valence-corrected chi connectivity index (χ4v) is 9.24. The summed E-state index contributed by atoms with van der Waals surface area (Å²) in [5, 5.41) is 13.1. The Morgan fingerprint density at radius 3 is 2.25 bits per heavy atom. The van der Waals surface area contributed by atoms with Gasteiger partial charge >= 0.3 is 0 Å². The van der Waals surface area contributed by atoms with Gasteiger partial charge < -0.3 is 5.11 Å². The molecule has 4 aliphatic rings. The molecule has 8 heteroatoms. The maximum absolute atomic E-state index is 15.3. The van der Waals surface area contributed by atoms with Gasteiger partial charge in [-0.3, -0.25) is 29.5 Å². The Hall–Kier alpha value is -5.76. The fourth-order valence-electron chi connectivity index (χ4n) is 9.24. The van der Waals surface area contributed by atoms with Gasteiger partial charge in [-0.2, -0.15) is 5.01 Å². The molecule has 0 aromatic heterocycles. The quantitative estimate of drug-likeness (QED) is 0.161. The minimum Gasteiger partial charge on any atom is -0.507 e. The van der Waals surface area contributed by atoms with Crippen LogP contribution < -0.4 is 5.43 Å². The first kappa shape index (κ1) is 32.4. The zero-order valence-electron chi connectivity index (χ0n) is 28.4. The molecule has 2 saturated heterocycles. The van der Waals surface area contributed by atoms with E-state index >= 15 is 4.79 Å². The van der Waals surface area contributed by atoms with Crippen molar-refractivity contribution in [3.8, 4) is 5.75 Å². The van der Waals surface area contributed by atoms with Crippen LogP contribution in [0, 0.1) is 30.6 Å². The number of nitrogens with one attached hydrogen (secondary N) is 1. The van der Waals surface area contributed by atoms with Gasteiger partial charge in [-0.1, -0.05) is 114 Å². The van der Waals surface area contributed by atoms with E-state index in [1.165, 1.54) is 4.90 Å². The number of fused-ring (bicyclic) bond motifs is 4. The van der Waals surface area contributed by atoms with E-state index in [1.54, 1.807) is 6.08 Å². The number of rotatable bonds is 8. The Bertz CT molecular complexity index is 2090. The average molecular weight is 678 g/mol. The molecule has 4 aromatic rings. The number of likely N-dealkylation sites (tertiary alicyclic amines) is 1. The molecule has 4 amide bonds. The number of carbonyl (C=O) groups excluding carboxylic acids is 4. The van der Waals surface area contributed by atoms with Crippen molar-refractivity contribution in [3.63, 3.8) is 0 Å². The lowest BCUT2D eigenvalue weighted by Crippen LogP contribution is -2.53. The highest BCUT2D eigenvalue weighted by Crippen LogP contribution is 2.65. The third-order valence-corrected chi connectivity index (χ3v) is 11.5. The van der Waals surface area contributed by atoms with Crippen molar-refractivity contribution < 1.29 is 24.3 Å². The predicted octanol–water partition coefficient (Wildman–Crippen LogP) is 6.61. The van der Waals surface area contributed by atoms with E-state index in [2.05, 4.69) is 12.0 Å². The number of para-hydroxylation sites is 1. The van der Waals surface area contributed by atoms with Crippen LogP contribution >= 0.6 is 0 Å². The van der Waals surface area contributed by atoms with Crippen molar-refractivity contribution in [1.29, 1.82) is 0 Å². The second-order valence-electron chi connectivity index (χ2n) is 14.2. The van der Waals surface area contributed by atoms with E-state index in [4.69, 9.17) is 0 Å². The lowest BCUT2D eigenvalue weighted by atomic mass is 9.49. The number of allylic oxidation sites excluding steroid dienone is 3. The molecule has 2 heterocycles. The van der Waals surface area contributed by atoms with Gasteiger partial charge in [-0.05, 0) is 60.9 Å². The van der Waals surface area contributed by atoms with Crippen LogP contribution in [0.4, 0.5) is 5.69 Å². The van der Waals surface area contributed by atoms with Crippen molar-refractivity contribution in [1.82, 2.24) is 9.91 Å². The maximum Gasteiger partial charge on any atom is 0.260 e. The Labute approximate surface area is 297 Å². The SMILES string of the molecule is C=CCc1cccc(C2C3=CCC4C(=O)N(Cc5ccccc5)C(=O)C4C3CC3C(=O)N(Nc4ccc(C)cc4)C(=O)C32c2ccccc2)c1O. The van der Waals surface area contributed by atoms with Gasteiger partial charge in [0.2, 0.25) is 11.8 Å². The van der Waals surface area contributed by atoms with Crippen molar-refractivity contribution in [2.45, 2.75) is 44.1 Å². The topological polar surface area (TPSA) is 107 Å². The molecule has 51 heavy (non-hydrogen) atoms. The molecule has 2 aliphatic carbocycles. The van der Waals surface area contributed by atoms with Crippen molar-refractivity contribution in [2.75, 3.05) is 5.43 Å². The number of carbonyl (C=O) groups is 4. The van der Waals surface area contributed by atoms with Crippen molar-refractivity contribution >= 4 is 29.3 Å². The summed E-state index contributed by atoms with van der Waals surface area (Å²) in [6.07, 6.45) is 4.64. The van der Waals surface area contributed by atoms with Gasteiger partial charge in [0.25, 0.3) is 11.8 Å². The van der Waals surface area contributed by atoms with Gasteiger partial charge in [-0.15, -0.1) is 6.58 Å². The molecule has 1 saturated carbocycles. The Morgan fingerprint density at radius 1 is 0.843 bits per heavy atom. The molecule has 8 rings (SSSR count). The predicted molar refractivity (Wildman–Crippen MR) is 193 cm³/mol. The number of imide groups is 2. The zero-order valence-corrected chi connectivity index (χ0v) is 28.4. The van der Waals surface area contributed by atoms with E-state index in [0.717, 1.165) is 21.7 Å². The fraction of sp³-hybridized carbons (Fsp3) is 0.256. The van der Waals surface area contributed by atoms with E-state index in [-0.39, 0.29) is 30.5 Å². The molecule has 256 valence electrons. The van der Waals surface area contributed by atoms with Crippen LogP contribution in [0.25, 0.3) is 0 Å². The number of benzene rings is 4. The number of hydrogen-bond donors (Lipinski definition) is 2. The number of hydrogen-bond acceptors (Lipinski definition) is 6. The second-order valence-corrected chi connectivity index (χ2v) is 14.2. The Morgan fingerprint density at radius 2 is 1.55 bits per heavy atom. The lowest BCUT2D eigenvalue weighted by molar-refractivity contribution is -0.142. The van der Waals surface area contributed by atoms with E-state index in [1.807, 2.05) is 116 Å². The summed E-state index contributed by atoms with van der Waals surface area (Å²) in [5.74, 6) is -4.76. The number of amides is 4. The van der Waals surface area contributed by atoms with Gasteiger partial charge in [0, 0.05) is 11.5 Å². The summed E-state index contributed by atoms with van der Waals surface area (Å²) in [5.41, 5.74) is 6.76. The van der Waals surface area contributed by atoms with Gasteiger partial charge in [0.15, 0.2) is 0 Å². The molecular weight excluding hydrogens is 638 g/mol. The molecule has 6 atom stereocenters. The summed E-state index contributed by atoms with van der Waals surface area (Å²) in [7, 11) is 0. The van der Waals surface area contributed by atoms with Gasteiger partial charge in [-0.25, -0.2) is 0 Å². The molecular formula is C43H39N3O5. The summed E-state index contributed by atoms with van der Waals surface area (Å²) >= 11 is 0. The van der Waals surface area contributed by atoms with Crippen LogP contribution in [-0.4, -0.2) is 38.6 Å². The number of aromatic hydroxyl groups is 1. The van der Waals surface area contributed by atoms with Crippen molar-refractivity contribution in [3.05, 3.63) is 155 Å². The number of phenolic OH excluding ortho intramolecular Hbond substituents is 1. The van der Waals surface area contributed by atoms with E-state index < -0.39 is 46.8 Å². The molecule has 4 aromatic carbocycles. The highest BCUT2D eigenvalue weighted by atomic mass is 16.3. The number of hydrazine groups is 1. The molecule has 8 nitrogen and oxygen atoms in total. The Kier molecular flexibility index (Phi) is 7.97. The normalized spacial score (nSPS) is 26.8. The van der Waals surface area contributed by atoms with Crippen molar-refractivity contribution in [2.24, 2.45) is 23.7 Å². The van der Waals surface area contributed by atoms with Crippen LogP contribution in [0.3, 0.4) is 0 Å². The smallest absolute Gasteiger partial charge is 0.260 e. The molecule has 0 radical (unpaired) electrons. The summed E-state index contributed by atoms with van der Waals surface area (Å²) in [6, 6.07) is 31.8. The highest BCUT2D eigenvalue weighted by molar-refractivity contribution is 6.13. The standard InChI is InChI=1S/C43H39N3O5/c1-3-11-28-14-10-17-33(38(28)47)37-31-22-23-32-36(41(50)45(39(32)48)25-27-12-6-4-7-13-27)34(31)24-35-40(49)46(44-30-20-18-26(2)19-21-30)42(51)43(35,37)29-15-8-5-9-16-29/h3-10,12-22,32,34-37,44,47H,1,11,23-25H2,2H3. The summed E-state index contributed by atoms with van der Waals surface area (Å²) < 4.78 is 0. The van der Waals surface area contributed by atoms with Crippen LogP contribution in [0.2, 0.25) is 0 Å². The first-order valence-electron chi connectivity index (χ1n) is 17.5. The average Bonchev–Trinajstić information content (AvgIpc) is 3.51. The molecule has 0 spiro atoms. The third kappa shape index (κ3) is 4.95. The van der Waals surface area contributed by atoms with E-state index in [0.29, 0.717) is 35.2 Å². The monoisotopic (exact) mass is 677 g/mol. The first-order chi connectivity index (χ1) is 24.7. The third-order valence-electron chi connectivity index (χ3n) is 11.5. The molecule has 2 N–H and O–H groups in total. The first-order valence-corrected chi connectivity index (χ1v) is 17.5. The number of aryl methyl sites for hydroxylation is 1. The van der Waals surface area contributed by atoms with Gasteiger partial charge in [0.05, 0.1) is 35.4 Å². The van der Waals surface area contributed by atoms with Gasteiger partial charge in [0.1, 0.15) is 5.75 Å². The minimum atomic E-state index is -1.45. The number of anilines is 1. The number of phenols is 1.